The molecule has 0 saturated heterocycles. The molecule has 0 spiro atoms. The first-order chi connectivity index (χ1) is 17.6. The van der Waals surface area contributed by atoms with E-state index < -0.39 is 5.60 Å². The van der Waals surface area contributed by atoms with Crippen LogP contribution in [0.4, 0.5) is 0 Å². The Labute approximate surface area is 225 Å². The van der Waals surface area contributed by atoms with Gasteiger partial charge in [0.1, 0.15) is 5.60 Å². The van der Waals surface area contributed by atoms with Crippen molar-refractivity contribution in [2.24, 2.45) is 40.4 Å². The van der Waals surface area contributed by atoms with E-state index in [4.69, 9.17) is 4.74 Å². The number of aliphatic hydroxyl groups is 1. The van der Waals surface area contributed by atoms with Crippen molar-refractivity contribution in [2.75, 3.05) is 0 Å². The van der Waals surface area contributed by atoms with Crippen LogP contribution in [-0.4, -0.2) is 22.6 Å². The molecular weight excluding hydrogens is 456 g/mol. The Kier molecular flexibility index (Phi) is 7.53. The van der Waals surface area contributed by atoms with Crippen LogP contribution < -0.4 is 0 Å². The zero-order chi connectivity index (χ0) is 26.4. The minimum absolute atomic E-state index is 0.0350. The third kappa shape index (κ3) is 4.56. The number of ketones is 1. The quantitative estimate of drug-likeness (QED) is 0.364. The van der Waals surface area contributed by atoms with E-state index in [-0.39, 0.29) is 22.5 Å². The average Bonchev–Trinajstić information content (AvgIpc) is 3.09. The van der Waals surface area contributed by atoms with Crippen molar-refractivity contribution in [2.45, 2.75) is 117 Å². The topological polar surface area (TPSA) is 46.5 Å². The Morgan fingerprint density at radius 3 is 2.49 bits per heavy atom. The molecule has 37 heavy (non-hydrogen) atoms. The van der Waals surface area contributed by atoms with E-state index in [1.54, 1.807) is 5.57 Å². The van der Waals surface area contributed by atoms with Gasteiger partial charge >= 0.3 is 0 Å². The van der Waals surface area contributed by atoms with E-state index in [1.807, 2.05) is 0 Å². The number of allylic oxidation sites excluding steroid dienone is 1. The molecule has 0 bridgehead atoms. The van der Waals surface area contributed by atoms with Crippen molar-refractivity contribution in [3.8, 4) is 0 Å². The van der Waals surface area contributed by atoms with Crippen molar-refractivity contribution in [1.82, 2.24) is 0 Å². The Balaban J connectivity index is 1.30. The predicted molar refractivity (Wildman–Crippen MR) is 150 cm³/mol. The highest BCUT2D eigenvalue weighted by atomic mass is 16.5. The monoisotopic (exact) mass is 506 g/mol. The maximum absolute atomic E-state index is 13.6. The molecule has 0 radical (unpaired) electrons. The molecule has 1 aromatic carbocycles. The van der Waals surface area contributed by atoms with Crippen LogP contribution in [0.5, 0.6) is 0 Å². The van der Waals surface area contributed by atoms with Gasteiger partial charge in [-0.1, -0.05) is 89.4 Å². The van der Waals surface area contributed by atoms with Gasteiger partial charge in [-0.25, -0.2) is 0 Å². The minimum Gasteiger partial charge on any atom is -0.381 e. The lowest BCUT2D eigenvalue weighted by Gasteiger charge is -2.59. The highest BCUT2D eigenvalue weighted by molar-refractivity contribution is 5.91. The summed E-state index contributed by atoms with van der Waals surface area (Å²) in [6, 6.07) is 10.5. The molecule has 204 valence electrons. The lowest BCUT2D eigenvalue weighted by Crippen LogP contribution is -2.58. The summed E-state index contributed by atoms with van der Waals surface area (Å²) in [6.07, 6.45) is 13.1. The Bertz CT molecular complexity index is 998. The summed E-state index contributed by atoms with van der Waals surface area (Å²) >= 11 is 0. The Morgan fingerprint density at radius 2 is 1.76 bits per heavy atom. The van der Waals surface area contributed by atoms with Gasteiger partial charge in [0.25, 0.3) is 0 Å². The standard InChI is InChI=1S/C34H50O3/c1-23(2)10-9-11-24(3)34(36)31(35)21-30-28-15-14-26-20-27(37-22-25-12-7-6-8-13-25)16-18-32(26,4)29(28)17-19-33(30,34)5/h6-8,12-14,23-24,27-30,36H,9-11,15-22H2,1-5H3/t24-,27+,28-,29+,30+,32+,33+,34-/m1/s1. The van der Waals surface area contributed by atoms with Gasteiger partial charge in [0, 0.05) is 11.8 Å². The maximum Gasteiger partial charge on any atom is 0.165 e. The van der Waals surface area contributed by atoms with Crippen LogP contribution in [0.1, 0.15) is 104 Å². The summed E-state index contributed by atoms with van der Waals surface area (Å²) in [5.74, 6) is 2.27. The van der Waals surface area contributed by atoms with Gasteiger partial charge in [0.2, 0.25) is 0 Å². The van der Waals surface area contributed by atoms with Gasteiger partial charge in [-0.15, -0.1) is 0 Å². The average molecular weight is 507 g/mol. The molecule has 0 unspecified atom stereocenters. The lowest BCUT2D eigenvalue weighted by molar-refractivity contribution is -0.166. The molecule has 1 aromatic rings. The highest BCUT2D eigenvalue weighted by Gasteiger charge is 2.68. The zero-order valence-electron chi connectivity index (χ0n) is 24.0. The molecule has 1 N–H and O–H groups in total. The van der Waals surface area contributed by atoms with Gasteiger partial charge in [-0.05, 0) is 85.5 Å². The van der Waals surface area contributed by atoms with Gasteiger partial charge in [0.15, 0.2) is 5.78 Å². The highest BCUT2D eigenvalue weighted by Crippen LogP contribution is 2.67. The number of hydrogen-bond acceptors (Lipinski definition) is 3. The molecule has 8 atom stereocenters. The molecule has 0 aliphatic heterocycles. The second-order valence-corrected chi connectivity index (χ2v) is 14.0. The molecule has 5 rings (SSSR count). The lowest BCUT2D eigenvalue weighted by atomic mass is 9.46. The van der Waals surface area contributed by atoms with Crippen molar-refractivity contribution in [3.63, 3.8) is 0 Å². The van der Waals surface area contributed by atoms with Crippen molar-refractivity contribution >= 4 is 5.78 Å². The largest absolute Gasteiger partial charge is 0.381 e. The Morgan fingerprint density at radius 1 is 1.00 bits per heavy atom. The molecule has 4 aliphatic rings. The van der Waals surface area contributed by atoms with Crippen LogP contribution in [0.3, 0.4) is 0 Å². The SMILES string of the molecule is CC(C)CCC[C@@H](C)[C@@]1(O)C(=O)C[C@H]2[C@@H]3CC=C4C[C@@H](OCc5ccccc5)CC[C@]4(C)[C@H]3CC[C@@]21C. The molecule has 0 heterocycles. The van der Waals surface area contributed by atoms with Crippen molar-refractivity contribution in [3.05, 3.63) is 47.5 Å². The Hall–Kier alpha value is -1.45. The third-order valence-electron chi connectivity index (χ3n) is 11.6. The van der Waals surface area contributed by atoms with Gasteiger partial charge in [-0.2, -0.15) is 0 Å². The number of ether oxygens (including phenoxy) is 1. The van der Waals surface area contributed by atoms with Crippen LogP contribution in [0, 0.1) is 40.4 Å². The second-order valence-electron chi connectivity index (χ2n) is 14.0. The number of carbonyl (C=O) groups excluding carboxylic acids is 1. The summed E-state index contributed by atoms with van der Waals surface area (Å²) in [6.45, 7) is 12.1. The van der Waals surface area contributed by atoms with Crippen LogP contribution in [0.25, 0.3) is 0 Å². The number of hydrogen-bond donors (Lipinski definition) is 1. The number of benzene rings is 1. The summed E-state index contributed by atoms with van der Waals surface area (Å²) < 4.78 is 6.38. The van der Waals surface area contributed by atoms with Crippen LogP contribution >= 0.6 is 0 Å². The number of carbonyl (C=O) groups is 1. The fourth-order valence-electron chi connectivity index (χ4n) is 9.28. The number of rotatable bonds is 8. The second kappa shape index (κ2) is 10.3. The fourth-order valence-corrected chi connectivity index (χ4v) is 9.28. The van der Waals surface area contributed by atoms with E-state index in [2.05, 4.69) is 71.0 Å². The summed E-state index contributed by atoms with van der Waals surface area (Å²) in [5, 5.41) is 12.1. The van der Waals surface area contributed by atoms with E-state index in [1.165, 1.54) is 18.4 Å². The van der Waals surface area contributed by atoms with Gasteiger partial charge in [-0.3, -0.25) is 4.79 Å². The van der Waals surface area contributed by atoms with E-state index >= 15 is 0 Å². The smallest absolute Gasteiger partial charge is 0.165 e. The molecular formula is C34H50O3. The third-order valence-corrected chi connectivity index (χ3v) is 11.6. The van der Waals surface area contributed by atoms with Crippen molar-refractivity contribution in [1.29, 1.82) is 0 Å². The molecule has 3 nitrogen and oxygen atoms in total. The molecule has 3 saturated carbocycles. The number of fused-ring (bicyclic) bond motifs is 5. The van der Waals surface area contributed by atoms with E-state index in [0.717, 1.165) is 44.9 Å². The molecule has 3 fully saturated rings. The van der Waals surface area contributed by atoms with Crippen LogP contribution in [-0.2, 0) is 16.1 Å². The predicted octanol–water partition coefficient (Wildman–Crippen LogP) is 7.91. The van der Waals surface area contributed by atoms with E-state index in [9.17, 15) is 9.90 Å². The minimum atomic E-state index is -1.16. The first-order valence-corrected chi connectivity index (χ1v) is 15.2. The van der Waals surface area contributed by atoms with Crippen molar-refractivity contribution < 1.29 is 14.6 Å². The first kappa shape index (κ1) is 27.1. The normalized spacial score (nSPS) is 40.1. The summed E-state index contributed by atoms with van der Waals surface area (Å²) in [7, 11) is 0. The van der Waals surface area contributed by atoms with Gasteiger partial charge < -0.3 is 9.84 Å². The van der Waals surface area contributed by atoms with Gasteiger partial charge in [0.05, 0.1) is 12.7 Å². The molecule has 0 aromatic heterocycles. The molecule has 3 heteroatoms. The summed E-state index contributed by atoms with van der Waals surface area (Å²) in [5.41, 5.74) is 1.61. The van der Waals surface area contributed by atoms with Crippen LogP contribution in [0.2, 0.25) is 0 Å². The molecule has 4 aliphatic carbocycles. The molecule has 0 amide bonds. The van der Waals surface area contributed by atoms with E-state index in [0.29, 0.717) is 42.8 Å². The zero-order valence-corrected chi connectivity index (χ0v) is 24.0. The summed E-state index contributed by atoms with van der Waals surface area (Å²) in [4.78, 5) is 13.6. The number of Topliss-reactive ketones (excluding diaryl/α,β-unsaturated/α-hetero) is 1. The van der Waals surface area contributed by atoms with Crippen LogP contribution in [0.15, 0.2) is 42.0 Å². The maximum atomic E-state index is 13.6. The fraction of sp³-hybridized carbons (Fsp3) is 0.735. The first-order valence-electron chi connectivity index (χ1n) is 15.2.